The van der Waals surface area contributed by atoms with E-state index < -0.39 is 12.1 Å². The lowest BCUT2D eigenvalue weighted by Crippen LogP contribution is -2.48. The number of ether oxygens (including phenoxy) is 2. The summed E-state index contributed by atoms with van der Waals surface area (Å²) in [7, 11) is 3.06. The van der Waals surface area contributed by atoms with Crippen LogP contribution >= 0.6 is 0 Å². The molecule has 0 saturated heterocycles. The second-order valence-electron chi connectivity index (χ2n) is 8.59. The van der Waals surface area contributed by atoms with Crippen molar-refractivity contribution in [1.29, 1.82) is 0 Å². The Morgan fingerprint density at radius 2 is 1.92 bits per heavy atom. The number of rotatable bonds is 8. The molecule has 2 aromatic carbocycles. The summed E-state index contributed by atoms with van der Waals surface area (Å²) >= 11 is 0. The summed E-state index contributed by atoms with van der Waals surface area (Å²) in [6.07, 6.45) is 2.64. The van der Waals surface area contributed by atoms with Gasteiger partial charge in [-0.25, -0.2) is 9.18 Å². The zero-order valence-electron chi connectivity index (χ0n) is 20.7. The molecular weight excluding hydrogens is 463 g/mol. The van der Waals surface area contributed by atoms with Gasteiger partial charge in [0.15, 0.2) is 0 Å². The van der Waals surface area contributed by atoms with Crippen LogP contribution in [0.15, 0.2) is 60.8 Å². The molecule has 0 unspecified atom stereocenters. The average molecular weight is 495 g/mol. The van der Waals surface area contributed by atoms with Gasteiger partial charge < -0.3 is 29.2 Å². The number of nitrogens with zero attached hydrogens (tertiary/aromatic N) is 3. The van der Waals surface area contributed by atoms with E-state index in [1.165, 1.54) is 24.1 Å². The molecule has 0 radical (unpaired) electrons. The van der Waals surface area contributed by atoms with E-state index in [1.807, 2.05) is 31.3 Å². The molecule has 9 heteroatoms. The van der Waals surface area contributed by atoms with Crippen LogP contribution in [0, 0.1) is 5.82 Å². The van der Waals surface area contributed by atoms with Crippen LogP contribution in [0.2, 0.25) is 0 Å². The number of anilines is 1. The summed E-state index contributed by atoms with van der Waals surface area (Å²) in [5.41, 5.74) is 2.08. The summed E-state index contributed by atoms with van der Waals surface area (Å²) < 4.78 is 26.8. The monoisotopic (exact) mass is 494 g/mol. The van der Waals surface area contributed by atoms with Gasteiger partial charge in [-0.05, 0) is 48.4 Å². The predicted octanol–water partition coefficient (Wildman–Crippen LogP) is 4.52. The Labute approximate surface area is 210 Å². The first-order chi connectivity index (χ1) is 17.4. The Hall–Kier alpha value is -4.01. The van der Waals surface area contributed by atoms with Crippen molar-refractivity contribution in [3.63, 3.8) is 0 Å². The number of carbonyl (C=O) groups is 2. The molecule has 4 rings (SSSR count). The van der Waals surface area contributed by atoms with Gasteiger partial charge in [0.25, 0.3) is 0 Å². The molecule has 1 aliphatic heterocycles. The molecule has 36 heavy (non-hydrogen) atoms. The number of benzene rings is 2. The first-order valence-corrected chi connectivity index (χ1v) is 11.9. The third kappa shape index (κ3) is 5.30. The van der Waals surface area contributed by atoms with Gasteiger partial charge in [0.2, 0.25) is 5.91 Å². The topological polar surface area (TPSA) is 76.0 Å². The van der Waals surface area contributed by atoms with Crippen LogP contribution in [0.1, 0.15) is 30.6 Å². The molecule has 3 amide bonds. The fourth-order valence-corrected chi connectivity index (χ4v) is 4.55. The fourth-order valence-electron chi connectivity index (χ4n) is 4.55. The molecule has 1 aromatic heterocycles. The quantitative estimate of drug-likeness (QED) is 0.500. The van der Waals surface area contributed by atoms with Gasteiger partial charge >= 0.3 is 6.03 Å². The Balaban J connectivity index is 1.55. The fraction of sp³-hybridized carbons (Fsp3) is 0.333. The maximum Gasteiger partial charge on any atom is 0.322 e. The van der Waals surface area contributed by atoms with E-state index in [1.54, 1.807) is 36.3 Å². The number of carbonyl (C=O) groups excluding carboxylic acids is 2. The molecule has 0 saturated carbocycles. The first-order valence-electron chi connectivity index (χ1n) is 11.9. The molecule has 190 valence electrons. The molecule has 0 spiro atoms. The number of amides is 3. The van der Waals surface area contributed by atoms with Crippen molar-refractivity contribution in [2.45, 2.75) is 25.9 Å². The number of halogens is 1. The number of fused-ring (bicyclic) bond motifs is 1. The van der Waals surface area contributed by atoms with Gasteiger partial charge in [-0.2, -0.15) is 0 Å². The molecule has 2 heterocycles. The predicted molar refractivity (Wildman–Crippen MR) is 135 cm³/mol. The minimum Gasteiger partial charge on any atom is -0.497 e. The maximum absolute atomic E-state index is 14.1. The number of nitrogens with one attached hydrogen (secondary N) is 1. The van der Waals surface area contributed by atoms with E-state index in [0.29, 0.717) is 48.8 Å². The van der Waals surface area contributed by atoms with Crippen molar-refractivity contribution in [1.82, 2.24) is 14.4 Å². The Morgan fingerprint density at radius 3 is 2.64 bits per heavy atom. The first kappa shape index (κ1) is 25.1. The molecule has 0 aliphatic carbocycles. The molecule has 3 aromatic rings. The van der Waals surface area contributed by atoms with Crippen LogP contribution in [0.5, 0.6) is 11.5 Å². The van der Waals surface area contributed by atoms with Gasteiger partial charge in [0.1, 0.15) is 23.9 Å². The Morgan fingerprint density at radius 1 is 1.08 bits per heavy atom. The number of methoxy groups -OCH3 is 2. The summed E-state index contributed by atoms with van der Waals surface area (Å²) in [5, 5.41) is 2.85. The minimum absolute atomic E-state index is 0.106. The van der Waals surface area contributed by atoms with Crippen molar-refractivity contribution < 1.29 is 23.5 Å². The number of hydrogen-bond acceptors (Lipinski definition) is 4. The second kappa shape index (κ2) is 11.2. The summed E-state index contributed by atoms with van der Waals surface area (Å²) in [6.45, 7) is 3.32. The van der Waals surface area contributed by atoms with Crippen LogP contribution in [0.25, 0.3) is 0 Å². The van der Waals surface area contributed by atoms with Crippen LogP contribution in [-0.2, 0) is 11.3 Å². The molecular formula is C27H31FN4O4. The Bertz CT molecular complexity index is 1230. The standard InChI is InChI=1S/C27H31FN4O4/c1-4-12-31(27(34)29-22-11-10-21(35-2)17-24(22)36-3)18-25(33)32-15-14-30-13-6-9-23(30)26(32)19-7-5-8-20(28)16-19/h5-11,13,16-17,26H,4,12,14-15,18H2,1-3H3,(H,29,34)/t26-/m1/s1. The highest BCUT2D eigenvalue weighted by atomic mass is 19.1. The van der Waals surface area contributed by atoms with E-state index in [9.17, 15) is 14.0 Å². The highest BCUT2D eigenvalue weighted by Crippen LogP contribution is 2.33. The van der Waals surface area contributed by atoms with Gasteiger partial charge in [-0.1, -0.05) is 19.1 Å². The van der Waals surface area contributed by atoms with Crippen molar-refractivity contribution in [3.05, 3.63) is 77.9 Å². The summed E-state index contributed by atoms with van der Waals surface area (Å²) in [5.74, 6) is 0.489. The van der Waals surface area contributed by atoms with Crippen LogP contribution in [0.4, 0.5) is 14.9 Å². The third-order valence-electron chi connectivity index (χ3n) is 6.28. The third-order valence-corrected chi connectivity index (χ3v) is 6.28. The smallest absolute Gasteiger partial charge is 0.322 e. The molecule has 1 atom stereocenters. The average Bonchev–Trinajstić information content (AvgIpc) is 3.37. The van der Waals surface area contributed by atoms with Crippen LogP contribution in [0.3, 0.4) is 0 Å². The summed E-state index contributed by atoms with van der Waals surface area (Å²) in [4.78, 5) is 30.0. The van der Waals surface area contributed by atoms with Gasteiger partial charge in [0, 0.05) is 37.6 Å². The van der Waals surface area contributed by atoms with E-state index in [4.69, 9.17) is 9.47 Å². The lowest BCUT2D eigenvalue weighted by Gasteiger charge is -2.38. The van der Waals surface area contributed by atoms with Gasteiger partial charge in [-0.3, -0.25) is 4.79 Å². The van der Waals surface area contributed by atoms with Gasteiger partial charge in [-0.15, -0.1) is 0 Å². The molecule has 1 aliphatic rings. The normalized spacial score (nSPS) is 14.7. The lowest BCUT2D eigenvalue weighted by molar-refractivity contribution is -0.134. The van der Waals surface area contributed by atoms with Crippen LogP contribution < -0.4 is 14.8 Å². The molecule has 0 bridgehead atoms. The van der Waals surface area contributed by atoms with Crippen LogP contribution in [-0.4, -0.2) is 60.2 Å². The highest BCUT2D eigenvalue weighted by Gasteiger charge is 2.33. The van der Waals surface area contributed by atoms with Crippen molar-refractivity contribution >= 4 is 17.6 Å². The lowest BCUT2D eigenvalue weighted by atomic mass is 9.99. The van der Waals surface area contributed by atoms with E-state index in [2.05, 4.69) is 9.88 Å². The second-order valence-corrected chi connectivity index (χ2v) is 8.59. The molecule has 0 fully saturated rings. The van der Waals surface area contributed by atoms with E-state index in [-0.39, 0.29) is 18.3 Å². The number of urea groups is 1. The van der Waals surface area contributed by atoms with Crippen molar-refractivity contribution in [3.8, 4) is 11.5 Å². The molecule has 8 nitrogen and oxygen atoms in total. The van der Waals surface area contributed by atoms with Crippen molar-refractivity contribution in [2.75, 3.05) is 39.2 Å². The largest absolute Gasteiger partial charge is 0.497 e. The maximum atomic E-state index is 14.1. The van der Waals surface area contributed by atoms with E-state index >= 15 is 0 Å². The SMILES string of the molecule is CCCN(CC(=O)N1CCn2cccc2[C@H]1c1cccc(F)c1)C(=O)Nc1ccc(OC)cc1OC. The van der Waals surface area contributed by atoms with Crippen molar-refractivity contribution in [2.24, 2.45) is 0 Å². The van der Waals surface area contributed by atoms with Gasteiger partial charge in [0.05, 0.1) is 25.9 Å². The minimum atomic E-state index is -0.440. The Kier molecular flexibility index (Phi) is 7.77. The number of aromatic nitrogens is 1. The number of hydrogen-bond donors (Lipinski definition) is 1. The molecule has 1 N–H and O–H groups in total. The van der Waals surface area contributed by atoms with E-state index in [0.717, 1.165) is 5.69 Å². The highest BCUT2D eigenvalue weighted by molar-refractivity contribution is 5.94. The zero-order chi connectivity index (χ0) is 25.7. The zero-order valence-corrected chi connectivity index (χ0v) is 20.7. The summed E-state index contributed by atoms with van der Waals surface area (Å²) in [6, 6.07) is 14.4.